The second kappa shape index (κ2) is 6.64. The van der Waals surface area contributed by atoms with Crippen LogP contribution in [0, 0.1) is 6.92 Å². The topological polar surface area (TPSA) is 24.9 Å². The van der Waals surface area contributed by atoms with Gasteiger partial charge in [0.1, 0.15) is 0 Å². The maximum Gasteiger partial charge on any atom is 0.0731 e. The molecule has 0 aliphatic rings. The number of rotatable bonds is 5. The lowest BCUT2D eigenvalue weighted by atomic mass is 9.96. The van der Waals surface area contributed by atoms with Crippen LogP contribution in [0.4, 0.5) is 0 Å². The largest absolute Gasteiger partial charge is 0.309 e. The normalized spacial score (nSPS) is 14.3. The Hall–Kier alpha value is -0.710. The van der Waals surface area contributed by atoms with Crippen molar-refractivity contribution in [2.45, 2.75) is 32.7 Å². The van der Waals surface area contributed by atoms with Gasteiger partial charge in [0.2, 0.25) is 0 Å². The van der Waals surface area contributed by atoms with Crippen LogP contribution >= 0.6 is 27.3 Å². The van der Waals surface area contributed by atoms with E-state index in [2.05, 4.69) is 65.2 Å². The average Bonchev–Trinajstić information content (AvgIpc) is 2.76. The van der Waals surface area contributed by atoms with Crippen molar-refractivity contribution in [3.8, 4) is 0 Å². The molecule has 0 spiro atoms. The quantitative estimate of drug-likeness (QED) is 0.856. The zero-order valence-corrected chi connectivity index (χ0v) is 13.9. The van der Waals surface area contributed by atoms with Crippen LogP contribution in [0.2, 0.25) is 0 Å². The monoisotopic (exact) mass is 338 g/mol. The predicted octanol–water partition coefficient (Wildman–Crippen LogP) is 4.67. The fourth-order valence-corrected chi connectivity index (χ4v) is 3.95. The van der Waals surface area contributed by atoms with E-state index >= 15 is 0 Å². The number of nitrogens with one attached hydrogen (secondary N) is 1. The Kier molecular flexibility index (Phi) is 5.13. The summed E-state index contributed by atoms with van der Waals surface area (Å²) in [6, 6.07) is 8.70. The summed E-state index contributed by atoms with van der Waals surface area (Å²) >= 11 is 5.43. The molecule has 2 atom stereocenters. The van der Waals surface area contributed by atoms with E-state index in [4.69, 9.17) is 0 Å². The highest BCUT2D eigenvalue weighted by molar-refractivity contribution is 9.11. The highest BCUT2D eigenvalue weighted by Gasteiger charge is 2.23. The van der Waals surface area contributed by atoms with E-state index in [0.29, 0.717) is 12.0 Å². The molecule has 0 amide bonds. The SMILES string of the molecule is CCNC(c1cc(C)c(Br)s1)C(C)c1ccccn1. The van der Waals surface area contributed by atoms with Crippen molar-refractivity contribution in [3.05, 3.63) is 50.4 Å². The molecule has 0 fully saturated rings. The van der Waals surface area contributed by atoms with Crippen molar-refractivity contribution >= 4 is 27.3 Å². The summed E-state index contributed by atoms with van der Waals surface area (Å²) in [5.41, 5.74) is 2.44. The number of hydrogen-bond donors (Lipinski definition) is 1. The zero-order chi connectivity index (χ0) is 13.8. The molecular weight excluding hydrogens is 320 g/mol. The van der Waals surface area contributed by atoms with Crippen LogP contribution in [0.25, 0.3) is 0 Å². The van der Waals surface area contributed by atoms with Crippen molar-refractivity contribution in [2.24, 2.45) is 0 Å². The highest BCUT2D eigenvalue weighted by Crippen LogP contribution is 2.37. The summed E-state index contributed by atoms with van der Waals surface area (Å²) in [7, 11) is 0. The first-order valence-electron chi connectivity index (χ1n) is 6.53. The Morgan fingerprint density at radius 1 is 1.42 bits per heavy atom. The highest BCUT2D eigenvalue weighted by atomic mass is 79.9. The molecule has 1 N–H and O–H groups in total. The van der Waals surface area contributed by atoms with Gasteiger partial charge in [-0.05, 0) is 53.2 Å². The summed E-state index contributed by atoms with van der Waals surface area (Å²) in [6.45, 7) is 7.47. The first-order valence-corrected chi connectivity index (χ1v) is 8.14. The summed E-state index contributed by atoms with van der Waals surface area (Å²) in [6.07, 6.45) is 1.87. The first kappa shape index (κ1) is 14.7. The molecule has 19 heavy (non-hydrogen) atoms. The summed E-state index contributed by atoms with van der Waals surface area (Å²) < 4.78 is 1.22. The van der Waals surface area contributed by atoms with Crippen LogP contribution in [-0.4, -0.2) is 11.5 Å². The Morgan fingerprint density at radius 3 is 2.74 bits per heavy atom. The third-order valence-corrected chi connectivity index (χ3v) is 5.48. The second-order valence-electron chi connectivity index (χ2n) is 4.68. The number of likely N-dealkylation sites (N-methyl/N-ethyl adjacent to an activating group) is 1. The average molecular weight is 339 g/mol. The molecule has 2 aromatic heterocycles. The Labute approximate surface area is 127 Å². The van der Waals surface area contributed by atoms with E-state index in [0.717, 1.165) is 12.2 Å². The van der Waals surface area contributed by atoms with Crippen LogP contribution in [0.3, 0.4) is 0 Å². The molecular formula is C15H19BrN2S. The molecule has 4 heteroatoms. The molecule has 0 bridgehead atoms. The Bertz CT molecular complexity index is 505. The lowest BCUT2D eigenvalue weighted by Gasteiger charge is -2.23. The fourth-order valence-electron chi connectivity index (χ4n) is 2.20. The van der Waals surface area contributed by atoms with Crippen LogP contribution < -0.4 is 5.32 Å². The molecule has 0 aliphatic heterocycles. The molecule has 102 valence electrons. The van der Waals surface area contributed by atoms with Crippen molar-refractivity contribution in [2.75, 3.05) is 6.54 Å². The van der Waals surface area contributed by atoms with Crippen LogP contribution in [0.1, 0.15) is 41.9 Å². The molecule has 2 unspecified atom stereocenters. The number of aryl methyl sites for hydroxylation is 1. The minimum Gasteiger partial charge on any atom is -0.309 e. The van der Waals surface area contributed by atoms with Gasteiger partial charge < -0.3 is 5.32 Å². The van der Waals surface area contributed by atoms with Gasteiger partial charge >= 0.3 is 0 Å². The van der Waals surface area contributed by atoms with Gasteiger partial charge in [-0.1, -0.05) is 19.9 Å². The number of hydrogen-bond acceptors (Lipinski definition) is 3. The maximum absolute atomic E-state index is 4.49. The minimum atomic E-state index is 0.315. The number of pyridine rings is 1. The summed E-state index contributed by atoms with van der Waals surface area (Å²) in [5.74, 6) is 0.353. The van der Waals surface area contributed by atoms with Crippen LogP contribution in [-0.2, 0) is 0 Å². The molecule has 0 saturated carbocycles. The lowest BCUT2D eigenvalue weighted by molar-refractivity contribution is 0.479. The third-order valence-electron chi connectivity index (χ3n) is 3.26. The predicted molar refractivity (Wildman–Crippen MR) is 85.8 cm³/mol. The van der Waals surface area contributed by atoms with Crippen molar-refractivity contribution in [1.29, 1.82) is 0 Å². The number of aromatic nitrogens is 1. The van der Waals surface area contributed by atoms with E-state index in [1.807, 2.05) is 23.6 Å². The molecule has 2 rings (SSSR count). The van der Waals surface area contributed by atoms with Gasteiger partial charge in [-0.3, -0.25) is 4.98 Å². The molecule has 0 radical (unpaired) electrons. The lowest BCUT2D eigenvalue weighted by Crippen LogP contribution is -2.25. The van der Waals surface area contributed by atoms with Gasteiger partial charge in [0.15, 0.2) is 0 Å². The second-order valence-corrected chi connectivity index (χ2v) is 7.09. The Balaban J connectivity index is 2.29. The molecule has 0 aliphatic carbocycles. The van der Waals surface area contributed by atoms with Crippen LogP contribution in [0.15, 0.2) is 34.2 Å². The zero-order valence-electron chi connectivity index (χ0n) is 11.5. The van der Waals surface area contributed by atoms with Gasteiger partial charge in [0.05, 0.1) is 3.79 Å². The number of nitrogens with zero attached hydrogens (tertiary/aromatic N) is 1. The fraction of sp³-hybridized carbons (Fsp3) is 0.400. The van der Waals surface area contributed by atoms with E-state index in [1.54, 1.807) is 0 Å². The Morgan fingerprint density at radius 2 is 2.21 bits per heavy atom. The maximum atomic E-state index is 4.49. The van der Waals surface area contributed by atoms with Crippen molar-refractivity contribution in [1.82, 2.24) is 10.3 Å². The van der Waals surface area contributed by atoms with Crippen molar-refractivity contribution < 1.29 is 0 Å². The number of thiophene rings is 1. The van der Waals surface area contributed by atoms with E-state index in [-0.39, 0.29) is 0 Å². The van der Waals surface area contributed by atoms with E-state index in [1.165, 1.54) is 14.2 Å². The van der Waals surface area contributed by atoms with Crippen LogP contribution in [0.5, 0.6) is 0 Å². The van der Waals surface area contributed by atoms with Gasteiger partial charge in [-0.15, -0.1) is 11.3 Å². The summed E-state index contributed by atoms with van der Waals surface area (Å²) in [5, 5.41) is 3.59. The van der Waals surface area contributed by atoms with Gasteiger partial charge in [-0.2, -0.15) is 0 Å². The molecule has 0 saturated heterocycles. The standard InChI is InChI=1S/C15H19BrN2S/c1-4-17-14(13-9-10(2)15(16)19-13)11(3)12-7-5-6-8-18-12/h5-9,11,14,17H,4H2,1-3H3. The molecule has 2 heterocycles. The molecule has 0 aromatic carbocycles. The van der Waals surface area contributed by atoms with Gasteiger partial charge in [-0.25, -0.2) is 0 Å². The number of halogens is 1. The molecule has 2 aromatic rings. The third kappa shape index (κ3) is 3.44. The van der Waals surface area contributed by atoms with E-state index in [9.17, 15) is 0 Å². The first-order chi connectivity index (χ1) is 9.13. The minimum absolute atomic E-state index is 0.315. The smallest absolute Gasteiger partial charge is 0.0731 e. The van der Waals surface area contributed by atoms with Gasteiger partial charge in [0, 0.05) is 28.7 Å². The van der Waals surface area contributed by atoms with Gasteiger partial charge in [0.25, 0.3) is 0 Å². The molecule has 2 nitrogen and oxygen atoms in total. The summed E-state index contributed by atoms with van der Waals surface area (Å²) in [4.78, 5) is 5.85. The van der Waals surface area contributed by atoms with Crippen molar-refractivity contribution in [3.63, 3.8) is 0 Å². The van der Waals surface area contributed by atoms with E-state index < -0.39 is 0 Å².